The van der Waals surface area contributed by atoms with Gasteiger partial charge in [0.05, 0.1) is 11.4 Å². The molecule has 0 bridgehead atoms. The molecule has 0 radical (unpaired) electrons. The van der Waals surface area contributed by atoms with E-state index in [1.54, 1.807) is 36.0 Å². The van der Waals surface area contributed by atoms with E-state index in [0.29, 0.717) is 5.82 Å². The molecule has 0 spiro atoms. The fourth-order valence-corrected chi connectivity index (χ4v) is 3.98. The maximum absolute atomic E-state index is 12.7. The van der Waals surface area contributed by atoms with Gasteiger partial charge in [-0.05, 0) is 43.0 Å². The summed E-state index contributed by atoms with van der Waals surface area (Å²) in [7, 11) is -2.13. The van der Waals surface area contributed by atoms with Crippen molar-refractivity contribution in [2.45, 2.75) is 23.3 Å². The van der Waals surface area contributed by atoms with Crippen LogP contribution in [0.25, 0.3) is 11.4 Å². The highest BCUT2D eigenvalue weighted by molar-refractivity contribution is 7.98. The van der Waals surface area contributed by atoms with Crippen LogP contribution >= 0.6 is 11.8 Å². The van der Waals surface area contributed by atoms with Crippen LogP contribution in [0.15, 0.2) is 62.8 Å². The van der Waals surface area contributed by atoms with E-state index in [9.17, 15) is 8.42 Å². The van der Waals surface area contributed by atoms with Crippen molar-refractivity contribution in [3.63, 3.8) is 0 Å². The summed E-state index contributed by atoms with van der Waals surface area (Å²) in [6, 6.07) is 14.5. The van der Waals surface area contributed by atoms with Gasteiger partial charge in [-0.15, -0.1) is 11.8 Å². The minimum absolute atomic E-state index is 0.00545. The van der Waals surface area contributed by atoms with Crippen molar-refractivity contribution in [2.24, 2.45) is 0 Å². The lowest BCUT2D eigenvalue weighted by Gasteiger charge is -2.15. The van der Waals surface area contributed by atoms with Gasteiger partial charge in [-0.3, -0.25) is 0 Å². The van der Waals surface area contributed by atoms with Gasteiger partial charge in [-0.25, -0.2) is 8.42 Å². The fourth-order valence-electron chi connectivity index (χ4n) is 2.46. The SMILES string of the molecule is CSc1ccc(S(=O)(=O)N(C)Cc2nc(-c3ccccc3C)no2)cc1. The Morgan fingerprint density at radius 1 is 1.12 bits per heavy atom. The number of benzene rings is 2. The minimum atomic E-state index is -3.63. The van der Waals surface area contributed by atoms with E-state index in [1.165, 1.54) is 11.4 Å². The summed E-state index contributed by atoms with van der Waals surface area (Å²) in [5, 5.41) is 3.97. The van der Waals surface area contributed by atoms with E-state index in [1.807, 2.05) is 37.4 Å². The van der Waals surface area contributed by atoms with Crippen LogP contribution in [0.4, 0.5) is 0 Å². The molecule has 1 heterocycles. The number of hydrogen-bond donors (Lipinski definition) is 0. The Kier molecular flexibility index (Phi) is 5.45. The van der Waals surface area contributed by atoms with Gasteiger partial charge in [0, 0.05) is 17.5 Å². The number of nitrogens with zero attached hydrogens (tertiary/aromatic N) is 3. The summed E-state index contributed by atoms with van der Waals surface area (Å²) in [5.41, 5.74) is 1.88. The zero-order valence-electron chi connectivity index (χ0n) is 14.7. The first-order valence-corrected chi connectivity index (χ1v) is 10.6. The minimum Gasteiger partial charge on any atom is -0.338 e. The summed E-state index contributed by atoms with van der Waals surface area (Å²) in [5.74, 6) is 0.697. The van der Waals surface area contributed by atoms with E-state index >= 15 is 0 Å². The van der Waals surface area contributed by atoms with Gasteiger partial charge >= 0.3 is 0 Å². The first-order valence-electron chi connectivity index (χ1n) is 7.91. The molecule has 0 aliphatic heterocycles. The van der Waals surface area contributed by atoms with Gasteiger partial charge in [-0.2, -0.15) is 9.29 Å². The van der Waals surface area contributed by atoms with E-state index in [2.05, 4.69) is 10.1 Å². The molecule has 3 aromatic rings. The zero-order valence-corrected chi connectivity index (χ0v) is 16.3. The second kappa shape index (κ2) is 7.61. The normalized spacial score (nSPS) is 11.8. The van der Waals surface area contributed by atoms with Crippen LogP contribution in [-0.4, -0.2) is 36.2 Å². The number of rotatable bonds is 6. The lowest BCUT2D eigenvalue weighted by molar-refractivity contribution is 0.336. The van der Waals surface area contributed by atoms with Crippen LogP contribution in [0, 0.1) is 6.92 Å². The third-order valence-electron chi connectivity index (χ3n) is 3.98. The predicted octanol–water partition coefficient (Wildman–Crippen LogP) is 3.59. The van der Waals surface area contributed by atoms with Gasteiger partial charge in [0.2, 0.25) is 21.7 Å². The summed E-state index contributed by atoms with van der Waals surface area (Å²) in [6.45, 7) is 1.96. The molecule has 0 saturated heterocycles. The molecule has 6 nitrogen and oxygen atoms in total. The summed E-state index contributed by atoms with van der Waals surface area (Å²) >= 11 is 1.56. The van der Waals surface area contributed by atoms with E-state index in [-0.39, 0.29) is 17.3 Å². The Morgan fingerprint density at radius 2 is 1.81 bits per heavy atom. The molecular formula is C18H19N3O3S2. The Hall–Kier alpha value is -2.16. The fraction of sp³-hybridized carbons (Fsp3) is 0.222. The molecular weight excluding hydrogens is 370 g/mol. The number of sulfonamides is 1. The molecule has 136 valence electrons. The summed E-state index contributed by atoms with van der Waals surface area (Å²) < 4.78 is 31.8. The van der Waals surface area contributed by atoms with Crippen LogP contribution < -0.4 is 0 Å². The lowest BCUT2D eigenvalue weighted by Crippen LogP contribution is -2.26. The van der Waals surface area contributed by atoms with Crippen molar-refractivity contribution in [3.05, 3.63) is 60.0 Å². The Labute approximate surface area is 157 Å². The number of thioether (sulfide) groups is 1. The second-order valence-electron chi connectivity index (χ2n) is 5.76. The average molecular weight is 390 g/mol. The first-order chi connectivity index (χ1) is 12.4. The van der Waals surface area contributed by atoms with Crippen LogP contribution in [0.2, 0.25) is 0 Å². The third-order valence-corrected chi connectivity index (χ3v) is 6.54. The molecule has 8 heteroatoms. The maximum atomic E-state index is 12.7. The standard InChI is InChI=1S/C18H19N3O3S2/c1-13-6-4-5-7-16(13)18-19-17(24-20-18)12-21(2)26(22,23)15-10-8-14(25-3)9-11-15/h4-11H,12H2,1-3H3. The Morgan fingerprint density at radius 3 is 2.46 bits per heavy atom. The molecule has 0 amide bonds. The Bertz CT molecular complexity index is 999. The molecule has 0 aliphatic carbocycles. The van der Waals surface area contributed by atoms with Crippen molar-refractivity contribution in [3.8, 4) is 11.4 Å². The molecule has 0 saturated carbocycles. The van der Waals surface area contributed by atoms with E-state index in [4.69, 9.17) is 4.52 Å². The van der Waals surface area contributed by atoms with Gasteiger partial charge in [0.15, 0.2) is 0 Å². The van der Waals surface area contributed by atoms with Gasteiger partial charge < -0.3 is 4.52 Å². The molecule has 2 aromatic carbocycles. The first kappa shape index (κ1) is 18.6. The lowest BCUT2D eigenvalue weighted by atomic mass is 10.1. The molecule has 0 unspecified atom stereocenters. The number of hydrogen-bond acceptors (Lipinski definition) is 6. The van der Waals surface area contributed by atoms with Crippen molar-refractivity contribution in [1.82, 2.24) is 14.4 Å². The zero-order chi connectivity index (χ0) is 18.7. The maximum Gasteiger partial charge on any atom is 0.243 e. The van der Waals surface area contributed by atoms with Crippen LogP contribution in [0.3, 0.4) is 0 Å². The molecule has 1 aromatic heterocycles. The molecule has 26 heavy (non-hydrogen) atoms. The smallest absolute Gasteiger partial charge is 0.243 e. The molecule has 0 atom stereocenters. The molecule has 0 aliphatic rings. The summed E-state index contributed by atoms with van der Waals surface area (Å²) in [6.07, 6.45) is 1.94. The number of aromatic nitrogens is 2. The van der Waals surface area contributed by atoms with Gasteiger partial charge in [0.1, 0.15) is 0 Å². The van der Waals surface area contributed by atoms with Crippen molar-refractivity contribution in [2.75, 3.05) is 13.3 Å². The van der Waals surface area contributed by atoms with Crippen LogP contribution in [0.5, 0.6) is 0 Å². The Balaban J connectivity index is 1.79. The van der Waals surface area contributed by atoms with Crippen LogP contribution in [-0.2, 0) is 16.6 Å². The topological polar surface area (TPSA) is 76.3 Å². The molecule has 3 rings (SSSR count). The van der Waals surface area contributed by atoms with Crippen molar-refractivity contribution < 1.29 is 12.9 Å². The highest BCUT2D eigenvalue weighted by Gasteiger charge is 2.23. The van der Waals surface area contributed by atoms with Gasteiger partial charge in [0.25, 0.3) is 0 Å². The summed E-state index contributed by atoms with van der Waals surface area (Å²) in [4.78, 5) is 5.57. The van der Waals surface area contributed by atoms with Crippen molar-refractivity contribution in [1.29, 1.82) is 0 Å². The average Bonchev–Trinajstić information content (AvgIpc) is 3.10. The molecule has 0 N–H and O–H groups in total. The highest BCUT2D eigenvalue weighted by atomic mass is 32.2. The second-order valence-corrected chi connectivity index (χ2v) is 8.69. The molecule has 0 fully saturated rings. The van der Waals surface area contributed by atoms with E-state index < -0.39 is 10.0 Å². The monoisotopic (exact) mass is 389 g/mol. The van der Waals surface area contributed by atoms with Crippen LogP contribution in [0.1, 0.15) is 11.5 Å². The highest BCUT2D eigenvalue weighted by Crippen LogP contribution is 2.23. The quantitative estimate of drug-likeness (QED) is 0.600. The van der Waals surface area contributed by atoms with Gasteiger partial charge in [-0.1, -0.05) is 29.4 Å². The largest absolute Gasteiger partial charge is 0.338 e. The van der Waals surface area contributed by atoms with E-state index in [0.717, 1.165) is 16.0 Å². The predicted molar refractivity (Wildman–Crippen MR) is 101 cm³/mol. The third kappa shape index (κ3) is 3.82. The van der Waals surface area contributed by atoms with Crippen molar-refractivity contribution >= 4 is 21.8 Å². The number of aryl methyl sites for hydroxylation is 1.